The maximum Gasteiger partial charge on any atom is 0.191 e. The fourth-order valence-electron chi connectivity index (χ4n) is 1.93. The van der Waals surface area contributed by atoms with E-state index in [1.807, 2.05) is 0 Å². The maximum atomic E-state index is 12.8. The van der Waals surface area contributed by atoms with Gasteiger partial charge >= 0.3 is 0 Å². The normalized spacial score (nSPS) is 13.0. The SMILES string of the molecule is CN=C(NCc1ccc(F)cc1)NCC(C)c1ccsc1. The van der Waals surface area contributed by atoms with E-state index in [9.17, 15) is 4.39 Å². The van der Waals surface area contributed by atoms with Crippen LogP contribution in [-0.2, 0) is 6.54 Å². The number of guanidine groups is 1. The van der Waals surface area contributed by atoms with E-state index in [1.54, 1.807) is 30.5 Å². The van der Waals surface area contributed by atoms with Gasteiger partial charge in [-0.1, -0.05) is 19.1 Å². The number of halogens is 1. The molecular formula is C16H20FN3S. The molecule has 0 saturated carbocycles. The summed E-state index contributed by atoms with van der Waals surface area (Å²) in [5, 5.41) is 10.8. The average molecular weight is 305 g/mol. The molecule has 0 radical (unpaired) electrons. The largest absolute Gasteiger partial charge is 0.356 e. The predicted octanol–water partition coefficient (Wildman–Crippen LogP) is 3.36. The lowest BCUT2D eigenvalue weighted by atomic mass is 10.1. The molecule has 0 aliphatic rings. The third-order valence-corrected chi connectivity index (χ3v) is 3.99. The van der Waals surface area contributed by atoms with Crippen LogP contribution in [0.4, 0.5) is 4.39 Å². The highest BCUT2D eigenvalue weighted by atomic mass is 32.1. The molecule has 2 rings (SSSR count). The Balaban J connectivity index is 1.79. The van der Waals surface area contributed by atoms with Crippen molar-refractivity contribution in [1.82, 2.24) is 10.6 Å². The molecule has 0 amide bonds. The first-order chi connectivity index (χ1) is 10.2. The lowest BCUT2D eigenvalue weighted by Gasteiger charge is -2.15. The quantitative estimate of drug-likeness (QED) is 0.656. The standard InChI is InChI=1S/C16H20FN3S/c1-12(14-7-8-21-11-14)9-19-16(18-2)20-10-13-3-5-15(17)6-4-13/h3-8,11-12H,9-10H2,1-2H3,(H2,18,19,20). The van der Waals surface area contributed by atoms with Crippen molar-refractivity contribution in [3.63, 3.8) is 0 Å². The lowest BCUT2D eigenvalue weighted by Crippen LogP contribution is -2.38. The van der Waals surface area contributed by atoms with Crippen molar-refractivity contribution in [2.45, 2.75) is 19.4 Å². The molecule has 1 heterocycles. The number of hydrogen-bond donors (Lipinski definition) is 2. The zero-order valence-corrected chi connectivity index (χ0v) is 13.1. The summed E-state index contributed by atoms with van der Waals surface area (Å²) >= 11 is 1.71. The number of benzene rings is 1. The van der Waals surface area contributed by atoms with Crippen LogP contribution in [0.2, 0.25) is 0 Å². The maximum absolute atomic E-state index is 12.8. The molecule has 1 aromatic heterocycles. The minimum atomic E-state index is -0.217. The predicted molar refractivity (Wildman–Crippen MR) is 87.3 cm³/mol. The van der Waals surface area contributed by atoms with Crippen molar-refractivity contribution < 1.29 is 4.39 Å². The second-order valence-electron chi connectivity index (χ2n) is 4.89. The molecule has 21 heavy (non-hydrogen) atoms. The number of hydrogen-bond acceptors (Lipinski definition) is 2. The van der Waals surface area contributed by atoms with E-state index < -0.39 is 0 Å². The van der Waals surface area contributed by atoms with Crippen LogP contribution in [0.1, 0.15) is 24.0 Å². The third kappa shape index (κ3) is 4.86. The first kappa shape index (κ1) is 15.5. The molecule has 3 nitrogen and oxygen atoms in total. The van der Waals surface area contributed by atoms with Crippen LogP contribution >= 0.6 is 11.3 Å². The molecule has 0 bridgehead atoms. The molecule has 0 aliphatic carbocycles. The van der Waals surface area contributed by atoms with E-state index in [1.165, 1.54) is 17.7 Å². The topological polar surface area (TPSA) is 36.4 Å². The number of thiophene rings is 1. The van der Waals surface area contributed by atoms with E-state index in [0.29, 0.717) is 12.5 Å². The molecule has 0 spiro atoms. The van der Waals surface area contributed by atoms with Gasteiger partial charge in [-0.15, -0.1) is 0 Å². The van der Waals surface area contributed by atoms with Gasteiger partial charge in [0.25, 0.3) is 0 Å². The van der Waals surface area contributed by atoms with E-state index in [2.05, 4.69) is 39.4 Å². The van der Waals surface area contributed by atoms with Crippen molar-refractivity contribution in [1.29, 1.82) is 0 Å². The second-order valence-corrected chi connectivity index (χ2v) is 5.67. The Labute approximate surface area is 128 Å². The molecule has 1 atom stereocenters. The number of rotatable bonds is 5. The molecule has 0 saturated heterocycles. The average Bonchev–Trinajstić information content (AvgIpc) is 3.03. The van der Waals surface area contributed by atoms with Crippen molar-refractivity contribution in [3.8, 4) is 0 Å². The molecule has 2 aromatic rings. The van der Waals surface area contributed by atoms with E-state index in [0.717, 1.165) is 18.1 Å². The monoisotopic (exact) mass is 305 g/mol. The summed E-state index contributed by atoms with van der Waals surface area (Å²) in [4.78, 5) is 4.20. The fourth-order valence-corrected chi connectivity index (χ4v) is 2.71. The van der Waals surface area contributed by atoms with Crippen LogP contribution in [-0.4, -0.2) is 19.6 Å². The first-order valence-corrected chi connectivity index (χ1v) is 7.84. The van der Waals surface area contributed by atoms with Crippen LogP contribution < -0.4 is 10.6 Å². The zero-order chi connectivity index (χ0) is 15.1. The van der Waals surface area contributed by atoms with Crippen LogP contribution in [0.5, 0.6) is 0 Å². The smallest absolute Gasteiger partial charge is 0.191 e. The first-order valence-electron chi connectivity index (χ1n) is 6.90. The van der Waals surface area contributed by atoms with Gasteiger partial charge in [-0.2, -0.15) is 11.3 Å². The van der Waals surface area contributed by atoms with Crippen molar-refractivity contribution >= 4 is 17.3 Å². The molecule has 5 heteroatoms. The van der Waals surface area contributed by atoms with E-state index >= 15 is 0 Å². The van der Waals surface area contributed by atoms with Gasteiger partial charge < -0.3 is 10.6 Å². The summed E-state index contributed by atoms with van der Waals surface area (Å²) in [5.41, 5.74) is 2.35. The summed E-state index contributed by atoms with van der Waals surface area (Å²) in [6.07, 6.45) is 0. The van der Waals surface area contributed by atoms with Crippen molar-refractivity contribution in [2.75, 3.05) is 13.6 Å². The van der Waals surface area contributed by atoms with Crippen LogP contribution in [0, 0.1) is 5.82 Å². The highest BCUT2D eigenvalue weighted by Gasteiger charge is 2.06. The minimum absolute atomic E-state index is 0.217. The summed E-state index contributed by atoms with van der Waals surface area (Å²) < 4.78 is 12.8. The van der Waals surface area contributed by atoms with E-state index in [4.69, 9.17) is 0 Å². The Bertz CT molecular complexity index is 564. The number of nitrogens with zero attached hydrogens (tertiary/aromatic N) is 1. The van der Waals surface area contributed by atoms with Gasteiger partial charge in [-0.05, 0) is 46.0 Å². The molecular weight excluding hydrogens is 285 g/mol. The third-order valence-electron chi connectivity index (χ3n) is 3.28. The highest BCUT2D eigenvalue weighted by molar-refractivity contribution is 7.07. The number of nitrogens with one attached hydrogen (secondary N) is 2. The lowest BCUT2D eigenvalue weighted by molar-refractivity contribution is 0.626. The Hall–Kier alpha value is -1.88. The van der Waals surface area contributed by atoms with Crippen LogP contribution in [0.15, 0.2) is 46.1 Å². The highest BCUT2D eigenvalue weighted by Crippen LogP contribution is 2.16. The van der Waals surface area contributed by atoms with Crippen molar-refractivity contribution in [3.05, 3.63) is 58.0 Å². The Morgan fingerprint density at radius 2 is 2.00 bits per heavy atom. The van der Waals surface area contributed by atoms with Crippen LogP contribution in [0.25, 0.3) is 0 Å². The summed E-state index contributed by atoms with van der Waals surface area (Å²) in [7, 11) is 1.75. The van der Waals surface area contributed by atoms with Gasteiger partial charge in [-0.3, -0.25) is 4.99 Å². The summed E-state index contributed by atoms with van der Waals surface area (Å²) in [5.74, 6) is 0.966. The molecule has 1 unspecified atom stereocenters. The Morgan fingerprint density at radius 1 is 1.24 bits per heavy atom. The fraction of sp³-hybridized carbons (Fsp3) is 0.312. The number of aliphatic imine (C=N–C) groups is 1. The van der Waals surface area contributed by atoms with Gasteiger partial charge in [0.15, 0.2) is 5.96 Å². The molecule has 1 aromatic carbocycles. The minimum Gasteiger partial charge on any atom is -0.356 e. The molecule has 0 aliphatic heterocycles. The van der Waals surface area contributed by atoms with Crippen LogP contribution in [0.3, 0.4) is 0 Å². The second kappa shape index (κ2) is 7.78. The molecule has 112 valence electrons. The molecule has 2 N–H and O–H groups in total. The van der Waals surface area contributed by atoms with E-state index in [-0.39, 0.29) is 5.82 Å². The van der Waals surface area contributed by atoms with Gasteiger partial charge in [0, 0.05) is 20.1 Å². The van der Waals surface area contributed by atoms with Gasteiger partial charge in [0.2, 0.25) is 0 Å². The van der Waals surface area contributed by atoms with Gasteiger partial charge in [-0.25, -0.2) is 4.39 Å². The van der Waals surface area contributed by atoms with Gasteiger partial charge in [0.1, 0.15) is 5.82 Å². The summed E-state index contributed by atoms with van der Waals surface area (Å²) in [6, 6.07) is 8.61. The zero-order valence-electron chi connectivity index (χ0n) is 12.3. The Kier molecular flexibility index (Phi) is 5.75. The van der Waals surface area contributed by atoms with Crippen molar-refractivity contribution in [2.24, 2.45) is 4.99 Å². The van der Waals surface area contributed by atoms with Gasteiger partial charge in [0.05, 0.1) is 0 Å². The molecule has 0 fully saturated rings. The summed E-state index contributed by atoms with van der Waals surface area (Å²) in [6.45, 7) is 3.62. The Morgan fingerprint density at radius 3 is 2.62 bits per heavy atom.